The van der Waals surface area contributed by atoms with Gasteiger partial charge in [0.1, 0.15) is 6.29 Å². The molecule has 0 aliphatic heterocycles. The van der Waals surface area contributed by atoms with E-state index in [9.17, 15) is 9.70 Å². The molecule has 0 aromatic heterocycles. The van der Waals surface area contributed by atoms with Crippen molar-refractivity contribution in [2.24, 2.45) is 0 Å². The van der Waals surface area contributed by atoms with Crippen LogP contribution >= 0.6 is 0 Å². The maximum Gasteiger partial charge on any atom is 0.256 e. The zero-order valence-corrected chi connectivity index (χ0v) is 5.91. The third kappa shape index (κ3) is 1.70. The predicted octanol–water partition coefficient (Wildman–Crippen LogP) is -0.0935. The summed E-state index contributed by atoms with van der Waals surface area (Å²) in [5, 5.41) is 1.77. The van der Waals surface area contributed by atoms with Gasteiger partial charge in [-0.1, -0.05) is 18.2 Å². The minimum atomic E-state index is 0.283. The highest BCUT2D eigenvalue weighted by Gasteiger charge is 2.04. The van der Waals surface area contributed by atoms with Crippen LogP contribution in [0.3, 0.4) is 0 Å². The van der Waals surface area contributed by atoms with Gasteiger partial charge in [0.15, 0.2) is 0 Å². The fourth-order valence-corrected chi connectivity index (χ4v) is 0.888. The summed E-state index contributed by atoms with van der Waals surface area (Å²) in [6.45, 7) is 0. The normalized spacial score (nSPS) is 9.09. The predicted molar refractivity (Wildman–Crippen MR) is 40.2 cm³/mol. The topological polar surface area (TPSA) is 48.1 Å². The van der Waals surface area contributed by atoms with Crippen LogP contribution in [-0.2, 0) is 11.2 Å². The van der Waals surface area contributed by atoms with Gasteiger partial charge in [-0.2, -0.15) is 0 Å². The summed E-state index contributed by atoms with van der Waals surface area (Å²) in [4.78, 5) is 20.4. The lowest BCUT2D eigenvalue weighted by Crippen LogP contribution is -2.56. The largest absolute Gasteiger partial charge is 0.303 e. The third-order valence-electron chi connectivity index (χ3n) is 1.43. The lowest BCUT2D eigenvalue weighted by atomic mass is 10.1. The summed E-state index contributed by atoms with van der Waals surface area (Å²) in [6, 6.07) is 6.93. The van der Waals surface area contributed by atoms with Crippen molar-refractivity contribution in [2.45, 2.75) is 6.42 Å². The number of aldehydes is 1. The summed E-state index contributed by atoms with van der Waals surface area (Å²) in [5.74, 6) is 0. The molecule has 3 nitrogen and oxygen atoms in total. The number of para-hydroxylation sites is 1. The van der Waals surface area contributed by atoms with Gasteiger partial charge in [0.05, 0.1) is 0 Å². The Morgan fingerprint density at radius 3 is 2.73 bits per heavy atom. The number of carbonyl (C=O) groups excluding carboxylic acids is 1. The molecule has 1 rings (SSSR count). The molecule has 1 N–H and O–H groups in total. The summed E-state index contributed by atoms with van der Waals surface area (Å²) in [5.41, 5.74) is 1.21. The van der Waals surface area contributed by atoms with Crippen molar-refractivity contribution < 1.29 is 9.97 Å². The molecule has 0 heterocycles. The Labute approximate surface area is 64.0 Å². The van der Waals surface area contributed by atoms with Crippen LogP contribution in [0.25, 0.3) is 0 Å². The van der Waals surface area contributed by atoms with E-state index in [2.05, 4.69) is 0 Å². The van der Waals surface area contributed by atoms with E-state index in [0.717, 1.165) is 11.8 Å². The first-order chi connectivity index (χ1) is 5.38. The molecule has 3 heteroatoms. The molecule has 0 saturated heterocycles. The molecule has 0 spiro atoms. The molecular formula is C8H8NO2+. The first-order valence-corrected chi connectivity index (χ1v) is 3.28. The lowest BCUT2D eigenvalue weighted by Gasteiger charge is -1.90. The molecule has 0 atom stereocenters. The van der Waals surface area contributed by atoms with E-state index < -0.39 is 0 Å². The lowest BCUT2D eigenvalue weighted by molar-refractivity contribution is -0.380. The Morgan fingerprint density at radius 2 is 2.09 bits per heavy atom. The van der Waals surface area contributed by atoms with E-state index in [-0.39, 0.29) is 6.42 Å². The quantitative estimate of drug-likeness (QED) is 0.612. The number of hydrogen-bond acceptors (Lipinski definition) is 2. The van der Waals surface area contributed by atoms with Crippen molar-refractivity contribution in [3.63, 3.8) is 0 Å². The molecule has 0 fully saturated rings. The minimum absolute atomic E-state index is 0.283. The Morgan fingerprint density at radius 1 is 1.36 bits per heavy atom. The number of nitroso groups, excluding NO2 is 1. The van der Waals surface area contributed by atoms with Crippen molar-refractivity contribution in [1.29, 1.82) is 0 Å². The second-order valence-electron chi connectivity index (χ2n) is 2.13. The average molecular weight is 150 g/mol. The molecule has 0 radical (unpaired) electrons. The smallest absolute Gasteiger partial charge is 0.256 e. The second-order valence-corrected chi connectivity index (χ2v) is 2.13. The number of rotatable bonds is 3. The van der Waals surface area contributed by atoms with Crippen LogP contribution in [0.2, 0.25) is 0 Å². The molecule has 1 aromatic carbocycles. The van der Waals surface area contributed by atoms with Gasteiger partial charge in [0, 0.05) is 28.1 Å². The SMILES string of the molecule is O=CCc1ccccc1[NH+]=O. The van der Waals surface area contributed by atoms with E-state index in [0.29, 0.717) is 5.69 Å². The van der Waals surface area contributed by atoms with Gasteiger partial charge in [0.2, 0.25) is 0 Å². The van der Waals surface area contributed by atoms with E-state index in [1.165, 1.54) is 0 Å². The van der Waals surface area contributed by atoms with Gasteiger partial charge in [-0.15, -0.1) is 0 Å². The number of nitrogens with one attached hydrogen (secondary N) is 1. The number of hydrogen-bond donors (Lipinski definition) is 1. The fraction of sp³-hybridized carbons (Fsp3) is 0.125. The summed E-state index contributed by atoms with van der Waals surface area (Å²) in [7, 11) is 0. The monoisotopic (exact) mass is 150 g/mol. The van der Waals surface area contributed by atoms with Gasteiger partial charge < -0.3 is 4.79 Å². The molecule has 1 aromatic rings. The highest BCUT2D eigenvalue weighted by Crippen LogP contribution is 2.07. The zero-order valence-electron chi connectivity index (χ0n) is 5.91. The van der Waals surface area contributed by atoms with E-state index in [1.807, 2.05) is 0 Å². The minimum Gasteiger partial charge on any atom is -0.303 e. The van der Waals surface area contributed by atoms with Crippen molar-refractivity contribution in [3.05, 3.63) is 34.7 Å². The molecule has 0 saturated carbocycles. The van der Waals surface area contributed by atoms with Crippen molar-refractivity contribution in [3.8, 4) is 0 Å². The van der Waals surface area contributed by atoms with Crippen LogP contribution in [0.1, 0.15) is 5.56 Å². The Hall–Kier alpha value is -1.51. The number of benzene rings is 1. The van der Waals surface area contributed by atoms with E-state index in [1.54, 1.807) is 29.4 Å². The fourth-order valence-electron chi connectivity index (χ4n) is 0.888. The molecule has 0 bridgehead atoms. The van der Waals surface area contributed by atoms with Crippen LogP contribution in [0, 0.1) is 4.91 Å². The summed E-state index contributed by atoms with van der Waals surface area (Å²) < 4.78 is 0. The average Bonchev–Trinajstić information content (AvgIpc) is 2.06. The first-order valence-electron chi connectivity index (χ1n) is 3.28. The van der Waals surface area contributed by atoms with Gasteiger partial charge in [-0.25, -0.2) is 0 Å². The van der Waals surface area contributed by atoms with Crippen LogP contribution in [0.5, 0.6) is 0 Å². The van der Waals surface area contributed by atoms with Gasteiger partial charge >= 0.3 is 0 Å². The maximum atomic E-state index is 10.3. The highest BCUT2D eigenvalue weighted by molar-refractivity contribution is 5.58. The van der Waals surface area contributed by atoms with E-state index in [4.69, 9.17) is 0 Å². The van der Waals surface area contributed by atoms with Gasteiger partial charge in [-0.3, -0.25) is 0 Å². The van der Waals surface area contributed by atoms with Crippen LogP contribution in [0.15, 0.2) is 24.3 Å². The van der Waals surface area contributed by atoms with Crippen molar-refractivity contribution in [2.75, 3.05) is 0 Å². The summed E-state index contributed by atoms with van der Waals surface area (Å²) >= 11 is 0. The molecule has 0 unspecified atom stereocenters. The second kappa shape index (κ2) is 3.61. The van der Waals surface area contributed by atoms with Crippen LogP contribution < -0.4 is 5.18 Å². The van der Waals surface area contributed by atoms with Crippen molar-refractivity contribution >= 4 is 12.0 Å². The zero-order chi connectivity index (χ0) is 8.10. The summed E-state index contributed by atoms with van der Waals surface area (Å²) in [6.07, 6.45) is 1.06. The first kappa shape index (κ1) is 7.60. The van der Waals surface area contributed by atoms with Crippen LogP contribution in [0.4, 0.5) is 5.69 Å². The Kier molecular flexibility index (Phi) is 2.49. The molecule has 0 aliphatic carbocycles. The Balaban J connectivity index is 3.01. The van der Waals surface area contributed by atoms with E-state index >= 15 is 0 Å². The standard InChI is InChI=1S/C8H7NO2/c10-6-5-7-3-1-2-4-8(7)9-11/h1-4,6H,5H2/p+1. The Bertz CT molecular complexity index is 271. The van der Waals surface area contributed by atoms with Gasteiger partial charge in [-0.05, 0) is 0 Å². The molecule has 0 amide bonds. The third-order valence-corrected chi connectivity index (χ3v) is 1.43. The van der Waals surface area contributed by atoms with Gasteiger partial charge in [0.25, 0.3) is 5.69 Å². The highest BCUT2D eigenvalue weighted by atomic mass is 16.3. The van der Waals surface area contributed by atoms with Crippen LogP contribution in [-0.4, -0.2) is 6.29 Å². The van der Waals surface area contributed by atoms with Crippen molar-refractivity contribution in [1.82, 2.24) is 0 Å². The molecule has 56 valence electrons. The molecular weight excluding hydrogens is 142 g/mol. The maximum absolute atomic E-state index is 10.3. The molecule has 0 aliphatic rings. The molecule has 11 heavy (non-hydrogen) atoms. The number of carbonyl (C=O) groups is 1.